The van der Waals surface area contributed by atoms with Crippen molar-refractivity contribution in [3.8, 4) is 5.75 Å². The third kappa shape index (κ3) is 6.25. The van der Waals surface area contributed by atoms with Crippen LogP contribution in [-0.4, -0.2) is 33.0 Å². The summed E-state index contributed by atoms with van der Waals surface area (Å²) in [4.78, 5) is 0. The lowest BCUT2D eigenvalue weighted by molar-refractivity contribution is -0.173. The van der Waals surface area contributed by atoms with Crippen LogP contribution in [0.5, 0.6) is 5.75 Å². The molecule has 1 aromatic carbocycles. The van der Waals surface area contributed by atoms with Gasteiger partial charge in [0.2, 0.25) is 0 Å². The smallest absolute Gasteiger partial charge is 0.411 e. The molecule has 0 aromatic heterocycles. The van der Waals surface area contributed by atoms with Crippen LogP contribution in [0.2, 0.25) is 0 Å². The monoisotopic (exact) mass is 291 g/mol. The molecule has 114 valence electrons. The van der Waals surface area contributed by atoms with Crippen molar-refractivity contribution in [1.82, 2.24) is 5.32 Å². The standard InChI is InChI=1S/C14H20F3NO2/c1-11(12-6-3-4-7-13(12)19-2)18-8-5-9-20-10-14(15,16)17/h3-4,6-7,11,18H,5,8-10H2,1-2H3/t11-/m1/s1. The second kappa shape index (κ2) is 8.11. The highest BCUT2D eigenvalue weighted by molar-refractivity contribution is 5.35. The summed E-state index contributed by atoms with van der Waals surface area (Å²) in [7, 11) is 1.61. The predicted molar refractivity (Wildman–Crippen MR) is 70.9 cm³/mol. The first-order valence-corrected chi connectivity index (χ1v) is 6.45. The number of ether oxygens (including phenoxy) is 2. The number of para-hydroxylation sites is 1. The van der Waals surface area contributed by atoms with Gasteiger partial charge in [-0.25, -0.2) is 0 Å². The van der Waals surface area contributed by atoms with E-state index in [1.54, 1.807) is 7.11 Å². The van der Waals surface area contributed by atoms with Gasteiger partial charge >= 0.3 is 6.18 Å². The van der Waals surface area contributed by atoms with Crippen molar-refractivity contribution in [3.63, 3.8) is 0 Å². The Labute approximate surface area is 117 Å². The number of rotatable bonds is 8. The van der Waals surface area contributed by atoms with Gasteiger partial charge in [0, 0.05) is 18.2 Å². The molecule has 0 unspecified atom stereocenters. The first-order valence-electron chi connectivity index (χ1n) is 6.45. The van der Waals surface area contributed by atoms with Crippen LogP contribution in [0.25, 0.3) is 0 Å². The fourth-order valence-electron chi connectivity index (χ4n) is 1.81. The van der Waals surface area contributed by atoms with E-state index in [4.69, 9.17) is 4.74 Å². The van der Waals surface area contributed by atoms with E-state index in [0.717, 1.165) is 11.3 Å². The van der Waals surface area contributed by atoms with Crippen LogP contribution in [0, 0.1) is 0 Å². The second-order valence-electron chi connectivity index (χ2n) is 4.44. The van der Waals surface area contributed by atoms with E-state index in [2.05, 4.69) is 10.1 Å². The van der Waals surface area contributed by atoms with Gasteiger partial charge in [0.25, 0.3) is 0 Å². The maximum absolute atomic E-state index is 11.8. The van der Waals surface area contributed by atoms with Crippen molar-refractivity contribution in [2.45, 2.75) is 25.6 Å². The molecule has 6 heteroatoms. The van der Waals surface area contributed by atoms with E-state index >= 15 is 0 Å². The lowest BCUT2D eigenvalue weighted by Gasteiger charge is -2.17. The first-order chi connectivity index (χ1) is 9.44. The lowest BCUT2D eigenvalue weighted by atomic mass is 10.1. The van der Waals surface area contributed by atoms with E-state index in [1.165, 1.54) is 0 Å². The molecule has 0 aliphatic heterocycles. The molecule has 0 spiro atoms. The van der Waals surface area contributed by atoms with Gasteiger partial charge < -0.3 is 14.8 Å². The Morgan fingerprint density at radius 1 is 1.25 bits per heavy atom. The fraction of sp³-hybridized carbons (Fsp3) is 0.571. The Bertz CT molecular complexity index is 396. The van der Waals surface area contributed by atoms with Crippen molar-refractivity contribution >= 4 is 0 Å². The summed E-state index contributed by atoms with van der Waals surface area (Å²) >= 11 is 0. The Kier molecular flexibility index (Phi) is 6.81. The molecule has 1 atom stereocenters. The maximum Gasteiger partial charge on any atom is 0.411 e. The van der Waals surface area contributed by atoms with Gasteiger partial charge in [0.1, 0.15) is 12.4 Å². The molecule has 3 nitrogen and oxygen atoms in total. The number of halogens is 3. The summed E-state index contributed by atoms with van der Waals surface area (Å²) in [5.41, 5.74) is 1.02. The van der Waals surface area contributed by atoms with E-state index in [-0.39, 0.29) is 12.6 Å². The Morgan fingerprint density at radius 3 is 2.60 bits per heavy atom. The summed E-state index contributed by atoms with van der Waals surface area (Å²) < 4.78 is 45.3. The van der Waals surface area contributed by atoms with E-state index < -0.39 is 12.8 Å². The molecule has 0 amide bonds. The topological polar surface area (TPSA) is 30.5 Å². The summed E-state index contributed by atoms with van der Waals surface area (Å²) in [6.07, 6.45) is -3.73. The highest BCUT2D eigenvalue weighted by Gasteiger charge is 2.27. The van der Waals surface area contributed by atoms with Crippen LogP contribution in [0.3, 0.4) is 0 Å². The number of hydrogen-bond acceptors (Lipinski definition) is 3. The molecule has 0 saturated heterocycles. The summed E-state index contributed by atoms with van der Waals surface area (Å²) in [5.74, 6) is 0.792. The van der Waals surface area contributed by atoms with E-state index in [9.17, 15) is 13.2 Å². The van der Waals surface area contributed by atoms with Crippen LogP contribution < -0.4 is 10.1 Å². The average molecular weight is 291 g/mol. The minimum Gasteiger partial charge on any atom is -0.496 e. The molecule has 0 bridgehead atoms. The van der Waals surface area contributed by atoms with Crippen molar-refractivity contribution in [1.29, 1.82) is 0 Å². The van der Waals surface area contributed by atoms with Crippen LogP contribution in [0.1, 0.15) is 24.9 Å². The van der Waals surface area contributed by atoms with Crippen LogP contribution in [0.4, 0.5) is 13.2 Å². The number of benzene rings is 1. The molecule has 1 N–H and O–H groups in total. The molecule has 20 heavy (non-hydrogen) atoms. The maximum atomic E-state index is 11.8. The summed E-state index contributed by atoms with van der Waals surface area (Å²) in [5, 5.41) is 3.23. The fourth-order valence-corrected chi connectivity index (χ4v) is 1.81. The van der Waals surface area contributed by atoms with Gasteiger partial charge in [-0.2, -0.15) is 13.2 Å². The molecule has 0 radical (unpaired) electrons. The van der Waals surface area contributed by atoms with Crippen molar-refractivity contribution in [2.75, 3.05) is 26.9 Å². The van der Waals surface area contributed by atoms with Gasteiger partial charge in [-0.15, -0.1) is 0 Å². The first kappa shape index (κ1) is 16.8. The normalized spacial score (nSPS) is 13.2. The Morgan fingerprint density at radius 2 is 1.95 bits per heavy atom. The van der Waals surface area contributed by atoms with Crippen LogP contribution >= 0.6 is 0 Å². The van der Waals surface area contributed by atoms with Crippen molar-refractivity contribution in [2.24, 2.45) is 0 Å². The average Bonchev–Trinajstić information content (AvgIpc) is 2.41. The molecular weight excluding hydrogens is 271 g/mol. The molecule has 0 aliphatic carbocycles. The van der Waals surface area contributed by atoms with Crippen LogP contribution in [-0.2, 0) is 4.74 Å². The highest BCUT2D eigenvalue weighted by atomic mass is 19.4. The van der Waals surface area contributed by atoms with Gasteiger partial charge in [-0.1, -0.05) is 18.2 Å². The molecular formula is C14H20F3NO2. The number of alkyl halides is 3. The zero-order chi connectivity index (χ0) is 15.0. The van der Waals surface area contributed by atoms with E-state index in [0.29, 0.717) is 13.0 Å². The van der Waals surface area contributed by atoms with Crippen molar-refractivity contribution < 1.29 is 22.6 Å². The second-order valence-corrected chi connectivity index (χ2v) is 4.44. The zero-order valence-corrected chi connectivity index (χ0v) is 11.7. The molecule has 1 aromatic rings. The molecule has 0 heterocycles. The number of hydrogen-bond donors (Lipinski definition) is 1. The van der Waals surface area contributed by atoms with Gasteiger partial charge in [-0.05, 0) is 26.0 Å². The predicted octanol–water partition coefficient (Wildman–Crippen LogP) is 3.31. The minimum atomic E-state index is -4.25. The third-order valence-corrected chi connectivity index (χ3v) is 2.79. The van der Waals surface area contributed by atoms with E-state index in [1.807, 2.05) is 31.2 Å². The minimum absolute atomic E-state index is 0.0637. The molecule has 1 rings (SSSR count). The lowest BCUT2D eigenvalue weighted by Crippen LogP contribution is -2.23. The van der Waals surface area contributed by atoms with Gasteiger partial charge in [0.05, 0.1) is 7.11 Å². The Balaban J connectivity index is 2.25. The third-order valence-electron chi connectivity index (χ3n) is 2.79. The Hall–Kier alpha value is -1.27. The van der Waals surface area contributed by atoms with Crippen LogP contribution in [0.15, 0.2) is 24.3 Å². The highest BCUT2D eigenvalue weighted by Crippen LogP contribution is 2.24. The van der Waals surface area contributed by atoms with Gasteiger partial charge in [-0.3, -0.25) is 0 Å². The molecule has 0 fully saturated rings. The molecule has 0 aliphatic rings. The number of nitrogens with one attached hydrogen (secondary N) is 1. The van der Waals surface area contributed by atoms with Gasteiger partial charge in [0.15, 0.2) is 0 Å². The quantitative estimate of drug-likeness (QED) is 0.745. The molecule has 0 saturated carbocycles. The summed E-state index contributed by atoms with van der Waals surface area (Å²) in [6.45, 7) is 1.46. The van der Waals surface area contributed by atoms with Crippen molar-refractivity contribution in [3.05, 3.63) is 29.8 Å². The zero-order valence-electron chi connectivity index (χ0n) is 11.7. The largest absolute Gasteiger partial charge is 0.496 e. The summed E-state index contributed by atoms with van der Waals surface area (Å²) in [6, 6.07) is 7.70. The SMILES string of the molecule is COc1ccccc1[C@@H](C)NCCCOCC(F)(F)F. The number of methoxy groups -OCH3 is 1.